The summed E-state index contributed by atoms with van der Waals surface area (Å²) >= 11 is 0. The van der Waals surface area contributed by atoms with Crippen LogP contribution in [0, 0.1) is 0 Å². The van der Waals surface area contributed by atoms with E-state index in [1.807, 2.05) is 18.5 Å². The van der Waals surface area contributed by atoms with Crippen LogP contribution in [0.3, 0.4) is 0 Å². The molecule has 0 unspecified atom stereocenters. The number of imidazole rings is 1. The van der Waals surface area contributed by atoms with Gasteiger partial charge in [0, 0.05) is 44.6 Å². The minimum Gasteiger partial charge on any atom is -0.357 e. The zero-order valence-electron chi connectivity index (χ0n) is 17.3. The van der Waals surface area contributed by atoms with E-state index in [9.17, 15) is 0 Å². The van der Waals surface area contributed by atoms with Crippen molar-refractivity contribution in [3.05, 3.63) is 54.1 Å². The van der Waals surface area contributed by atoms with E-state index >= 15 is 0 Å². The number of guanidine groups is 1. The largest absolute Gasteiger partial charge is 0.357 e. The lowest BCUT2D eigenvalue weighted by Crippen LogP contribution is -2.48. The minimum atomic E-state index is 0.495. The van der Waals surface area contributed by atoms with Crippen LogP contribution in [0.1, 0.15) is 44.5 Å². The summed E-state index contributed by atoms with van der Waals surface area (Å²) in [6.45, 7) is 10.2. The Morgan fingerprint density at radius 1 is 1.18 bits per heavy atom. The molecule has 1 saturated heterocycles. The summed E-state index contributed by atoms with van der Waals surface area (Å²) in [5.74, 6) is 1.88. The van der Waals surface area contributed by atoms with E-state index in [2.05, 4.69) is 63.2 Å². The number of benzene rings is 1. The number of rotatable bonds is 8. The summed E-state index contributed by atoms with van der Waals surface area (Å²) in [5, 5.41) is 7.01. The fraction of sp³-hybridized carbons (Fsp3) is 0.545. The van der Waals surface area contributed by atoms with Gasteiger partial charge in [-0.2, -0.15) is 0 Å². The summed E-state index contributed by atoms with van der Waals surface area (Å²) in [5.41, 5.74) is 1.27. The predicted octanol–water partition coefficient (Wildman–Crippen LogP) is 2.86. The van der Waals surface area contributed by atoms with Gasteiger partial charge in [0.2, 0.25) is 0 Å². The van der Waals surface area contributed by atoms with Crippen molar-refractivity contribution in [3.8, 4) is 0 Å². The fourth-order valence-corrected chi connectivity index (χ4v) is 3.70. The van der Waals surface area contributed by atoms with E-state index in [1.54, 1.807) is 0 Å². The quantitative estimate of drug-likeness (QED) is 0.544. The summed E-state index contributed by atoms with van der Waals surface area (Å²) in [7, 11) is 0. The van der Waals surface area contributed by atoms with Crippen LogP contribution in [-0.4, -0.2) is 52.6 Å². The molecule has 2 heterocycles. The molecule has 1 aromatic carbocycles. The molecule has 6 heteroatoms. The number of likely N-dealkylation sites (tertiary alicyclic amines) is 1. The van der Waals surface area contributed by atoms with Gasteiger partial charge < -0.3 is 20.1 Å². The molecule has 1 aliphatic rings. The van der Waals surface area contributed by atoms with Gasteiger partial charge in [0.15, 0.2) is 5.96 Å². The van der Waals surface area contributed by atoms with E-state index < -0.39 is 0 Å². The van der Waals surface area contributed by atoms with Crippen molar-refractivity contribution in [2.24, 2.45) is 4.99 Å². The van der Waals surface area contributed by atoms with Gasteiger partial charge in [0.25, 0.3) is 0 Å². The van der Waals surface area contributed by atoms with E-state index in [0.717, 1.165) is 24.9 Å². The lowest BCUT2D eigenvalue weighted by atomic mass is 10.1. The highest BCUT2D eigenvalue weighted by atomic mass is 15.2. The highest BCUT2D eigenvalue weighted by molar-refractivity contribution is 5.80. The van der Waals surface area contributed by atoms with Gasteiger partial charge in [-0.3, -0.25) is 0 Å². The molecule has 0 saturated carbocycles. The van der Waals surface area contributed by atoms with E-state index in [-0.39, 0.29) is 0 Å². The maximum atomic E-state index is 4.81. The topological polar surface area (TPSA) is 57.5 Å². The van der Waals surface area contributed by atoms with Crippen LogP contribution >= 0.6 is 0 Å². The smallest absolute Gasteiger partial charge is 0.191 e. The van der Waals surface area contributed by atoms with Crippen molar-refractivity contribution < 1.29 is 0 Å². The average Bonchev–Trinajstić information content (AvgIpc) is 3.16. The molecule has 0 bridgehead atoms. The molecule has 0 atom stereocenters. The van der Waals surface area contributed by atoms with Gasteiger partial charge in [0.1, 0.15) is 12.4 Å². The molecule has 2 N–H and O–H groups in total. The molecule has 1 aromatic heterocycles. The van der Waals surface area contributed by atoms with Gasteiger partial charge in [-0.15, -0.1) is 0 Å². The second-order valence-corrected chi connectivity index (χ2v) is 7.41. The first-order valence-electron chi connectivity index (χ1n) is 10.6. The van der Waals surface area contributed by atoms with E-state index in [4.69, 9.17) is 4.99 Å². The highest BCUT2D eigenvalue weighted by Gasteiger charge is 2.19. The van der Waals surface area contributed by atoms with Crippen molar-refractivity contribution in [1.82, 2.24) is 25.1 Å². The Labute approximate surface area is 169 Å². The molecule has 3 rings (SSSR count). The molecule has 6 nitrogen and oxygen atoms in total. The van der Waals surface area contributed by atoms with Crippen LogP contribution in [-0.2, 0) is 13.1 Å². The number of nitrogens with zero attached hydrogens (tertiary/aromatic N) is 4. The van der Waals surface area contributed by atoms with Gasteiger partial charge in [-0.25, -0.2) is 9.98 Å². The summed E-state index contributed by atoms with van der Waals surface area (Å²) in [4.78, 5) is 11.9. The summed E-state index contributed by atoms with van der Waals surface area (Å²) in [6, 6.07) is 11.0. The standard InChI is InChI=1S/C22H34N6/c1-3-13-27-14-10-20(11-15-27)26-22(23-4-2)25-17-21-24-12-16-28(21)18-19-8-6-5-7-9-19/h5-9,12,16,20H,3-4,10-11,13-15,17-18H2,1-2H3,(H2,23,25,26). The number of aromatic nitrogens is 2. The maximum absolute atomic E-state index is 4.81. The maximum Gasteiger partial charge on any atom is 0.191 e. The van der Waals surface area contributed by atoms with Gasteiger partial charge >= 0.3 is 0 Å². The summed E-state index contributed by atoms with van der Waals surface area (Å²) in [6.07, 6.45) is 7.47. The van der Waals surface area contributed by atoms with Crippen molar-refractivity contribution in [3.63, 3.8) is 0 Å². The van der Waals surface area contributed by atoms with Gasteiger partial charge in [0.05, 0.1) is 0 Å². The number of aliphatic imine (C=N–C) groups is 1. The Kier molecular flexibility index (Phi) is 7.91. The number of piperidine rings is 1. The Morgan fingerprint density at radius 3 is 2.68 bits per heavy atom. The van der Waals surface area contributed by atoms with E-state index in [0.29, 0.717) is 12.6 Å². The van der Waals surface area contributed by atoms with Crippen LogP contribution in [0.5, 0.6) is 0 Å². The minimum absolute atomic E-state index is 0.495. The lowest BCUT2D eigenvalue weighted by molar-refractivity contribution is 0.206. The van der Waals surface area contributed by atoms with Crippen LogP contribution < -0.4 is 10.6 Å². The van der Waals surface area contributed by atoms with Gasteiger partial charge in [-0.1, -0.05) is 37.3 Å². The van der Waals surface area contributed by atoms with Crippen LogP contribution in [0.4, 0.5) is 0 Å². The van der Waals surface area contributed by atoms with Crippen LogP contribution in [0.15, 0.2) is 47.7 Å². The number of hydrogen-bond acceptors (Lipinski definition) is 3. The second-order valence-electron chi connectivity index (χ2n) is 7.41. The zero-order chi connectivity index (χ0) is 19.6. The van der Waals surface area contributed by atoms with Crippen molar-refractivity contribution in [2.45, 2.75) is 52.2 Å². The lowest BCUT2D eigenvalue weighted by Gasteiger charge is -2.32. The van der Waals surface area contributed by atoms with Crippen LogP contribution in [0.2, 0.25) is 0 Å². The predicted molar refractivity (Wildman–Crippen MR) is 115 cm³/mol. The van der Waals surface area contributed by atoms with Crippen molar-refractivity contribution in [2.75, 3.05) is 26.2 Å². The van der Waals surface area contributed by atoms with Crippen molar-refractivity contribution in [1.29, 1.82) is 0 Å². The molecular weight excluding hydrogens is 348 g/mol. The monoisotopic (exact) mass is 382 g/mol. The normalized spacial score (nSPS) is 16.3. The molecule has 0 aliphatic carbocycles. The first-order chi connectivity index (χ1) is 13.8. The Bertz CT molecular complexity index is 716. The molecule has 28 heavy (non-hydrogen) atoms. The number of nitrogens with one attached hydrogen (secondary N) is 2. The molecule has 2 aromatic rings. The molecule has 0 spiro atoms. The van der Waals surface area contributed by atoms with Crippen LogP contribution in [0.25, 0.3) is 0 Å². The Hall–Kier alpha value is -2.34. The number of hydrogen-bond donors (Lipinski definition) is 2. The third-order valence-corrected chi connectivity index (χ3v) is 5.19. The molecule has 0 radical (unpaired) electrons. The van der Waals surface area contributed by atoms with Crippen molar-refractivity contribution >= 4 is 5.96 Å². The molecule has 152 valence electrons. The Balaban J connectivity index is 1.57. The van der Waals surface area contributed by atoms with Gasteiger partial charge in [-0.05, 0) is 38.3 Å². The Morgan fingerprint density at radius 2 is 1.96 bits per heavy atom. The first-order valence-corrected chi connectivity index (χ1v) is 10.6. The van der Waals surface area contributed by atoms with E-state index in [1.165, 1.54) is 44.5 Å². The molecule has 1 aliphatic heterocycles. The summed E-state index contributed by atoms with van der Waals surface area (Å²) < 4.78 is 2.17. The average molecular weight is 383 g/mol. The SMILES string of the molecule is CCCN1CCC(NC(=NCc2nccn2Cc2ccccc2)NCC)CC1. The second kappa shape index (κ2) is 10.9. The molecule has 1 fully saturated rings. The first kappa shape index (κ1) is 20.4. The molecular formula is C22H34N6. The fourth-order valence-electron chi connectivity index (χ4n) is 3.70. The third-order valence-electron chi connectivity index (χ3n) is 5.19. The highest BCUT2D eigenvalue weighted by Crippen LogP contribution is 2.11. The third kappa shape index (κ3) is 6.09. The molecule has 0 amide bonds. The zero-order valence-corrected chi connectivity index (χ0v) is 17.3.